The average molecular weight is 672 g/mol. The van der Waals surface area contributed by atoms with Crippen molar-refractivity contribution in [3.8, 4) is 17.2 Å². The van der Waals surface area contributed by atoms with E-state index in [1.165, 1.54) is 73.4 Å². The van der Waals surface area contributed by atoms with Gasteiger partial charge in [0.15, 0.2) is 0 Å². The fraction of sp³-hybridized carbons (Fsp3) is 0.209. The summed E-state index contributed by atoms with van der Waals surface area (Å²) in [6.45, 7) is 2.28. The number of hydrogen-bond donors (Lipinski definition) is 1. The largest absolute Gasteiger partial charge is 0.647 e. The Balaban J connectivity index is 0.000000192. The van der Waals surface area contributed by atoms with Gasteiger partial charge in [0.05, 0.1) is 0 Å². The topological polar surface area (TPSA) is 56.8 Å². The van der Waals surface area contributed by atoms with Gasteiger partial charge < -0.3 is 18.9 Å². The molecule has 0 saturated carbocycles. The summed E-state index contributed by atoms with van der Waals surface area (Å²) in [5, 5.41) is 6.11. The van der Waals surface area contributed by atoms with Gasteiger partial charge in [-0.1, -0.05) is 149 Å². The fourth-order valence-electron chi connectivity index (χ4n) is 5.42. The van der Waals surface area contributed by atoms with E-state index in [0.717, 1.165) is 5.69 Å². The summed E-state index contributed by atoms with van der Waals surface area (Å²) in [5.74, 6) is 1.22. The molecule has 49 heavy (non-hydrogen) atoms. The number of phosphoric ester groups is 1. The fourth-order valence-corrected chi connectivity index (χ4v) is 6.67. The van der Waals surface area contributed by atoms with Gasteiger partial charge in [0.2, 0.25) is 0 Å². The molecular weight excluding hydrogens is 625 g/mol. The lowest BCUT2D eigenvalue weighted by Gasteiger charge is -2.19. The molecule has 1 N–H and O–H groups in total. The molecule has 6 heteroatoms. The Morgan fingerprint density at radius 2 is 0.959 bits per heavy atom. The van der Waals surface area contributed by atoms with E-state index in [4.69, 9.17) is 13.6 Å². The molecular formula is C43H46NO4P. The van der Waals surface area contributed by atoms with Gasteiger partial charge in [0, 0.05) is 16.8 Å². The van der Waals surface area contributed by atoms with Crippen LogP contribution in [0.3, 0.4) is 0 Å². The Bertz CT molecular complexity index is 1740. The quantitative estimate of drug-likeness (QED) is 0.0820. The highest BCUT2D eigenvalue weighted by Crippen LogP contribution is 2.49. The second-order valence-corrected chi connectivity index (χ2v) is 13.3. The van der Waals surface area contributed by atoms with Gasteiger partial charge >= 0.3 is 7.82 Å². The molecule has 5 nitrogen and oxygen atoms in total. The van der Waals surface area contributed by atoms with E-state index in [2.05, 4.69) is 79.0 Å². The molecule has 0 atom stereocenters. The lowest BCUT2D eigenvalue weighted by Crippen LogP contribution is -2.07. The van der Waals surface area contributed by atoms with E-state index in [0.29, 0.717) is 17.2 Å². The van der Waals surface area contributed by atoms with Crippen molar-refractivity contribution < 1.29 is 18.1 Å². The molecule has 252 valence electrons. The molecule has 0 aliphatic carbocycles. The number of anilines is 2. The number of aryl methyl sites for hydroxylation is 1. The SMILES string of the molecule is CCCCCCCCCc1ccc(Nc2cccc3ccccc23)cc1.O=P(Oc1ccccc1)(Oc1ccccc1)Oc1ccccc1. The van der Waals surface area contributed by atoms with Crippen LogP contribution in [0.2, 0.25) is 0 Å². The van der Waals surface area contributed by atoms with Gasteiger partial charge in [-0.25, -0.2) is 0 Å². The van der Waals surface area contributed by atoms with E-state index in [-0.39, 0.29) is 0 Å². The highest BCUT2D eigenvalue weighted by Gasteiger charge is 2.33. The van der Waals surface area contributed by atoms with Crippen molar-refractivity contribution in [2.75, 3.05) is 5.32 Å². The van der Waals surface area contributed by atoms with Crippen molar-refractivity contribution in [3.63, 3.8) is 0 Å². The predicted molar refractivity (Wildman–Crippen MR) is 204 cm³/mol. The van der Waals surface area contributed by atoms with Crippen LogP contribution in [0.25, 0.3) is 10.8 Å². The van der Waals surface area contributed by atoms with Crippen molar-refractivity contribution >= 4 is 30.0 Å². The van der Waals surface area contributed by atoms with Crippen LogP contribution in [-0.4, -0.2) is 0 Å². The second-order valence-electron chi connectivity index (χ2n) is 11.9. The summed E-state index contributed by atoms with van der Waals surface area (Å²) in [7, 11) is -3.89. The van der Waals surface area contributed by atoms with Gasteiger partial charge in [-0.3, -0.25) is 0 Å². The summed E-state index contributed by atoms with van der Waals surface area (Å²) in [5.41, 5.74) is 3.77. The molecule has 0 saturated heterocycles. The third-order valence-electron chi connectivity index (χ3n) is 7.97. The van der Waals surface area contributed by atoms with Crippen LogP contribution in [0, 0.1) is 0 Å². The average Bonchev–Trinajstić information content (AvgIpc) is 3.13. The van der Waals surface area contributed by atoms with Crippen LogP contribution in [0.5, 0.6) is 17.2 Å². The zero-order chi connectivity index (χ0) is 34.0. The minimum Gasteiger partial charge on any atom is -0.386 e. The van der Waals surface area contributed by atoms with Crippen LogP contribution < -0.4 is 18.9 Å². The van der Waals surface area contributed by atoms with Crippen LogP contribution in [-0.2, 0) is 11.0 Å². The molecule has 0 spiro atoms. The molecule has 0 aromatic heterocycles. The van der Waals surface area contributed by atoms with E-state index < -0.39 is 7.82 Å². The normalized spacial score (nSPS) is 10.9. The molecule has 0 aliphatic rings. The lowest BCUT2D eigenvalue weighted by atomic mass is 10.0. The number of hydrogen-bond acceptors (Lipinski definition) is 5. The lowest BCUT2D eigenvalue weighted by molar-refractivity contribution is 0.298. The van der Waals surface area contributed by atoms with Crippen LogP contribution in [0.1, 0.15) is 57.4 Å². The van der Waals surface area contributed by atoms with Gasteiger partial charge in [-0.15, -0.1) is 0 Å². The predicted octanol–water partition coefficient (Wildman–Crippen LogP) is 13.2. The molecule has 0 heterocycles. The Kier molecular flexibility index (Phi) is 13.8. The number of para-hydroxylation sites is 3. The molecule has 6 aromatic carbocycles. The van der Waals surface area contributed by atoms with Gasteiger partial charge in [0.1, 0.15) is 17.2 Å². The van der Waals surface area contributed by atoms with Crippen molar-refractivity contribution in [1.82, 2.24) is 0 Å². The second kappa shape index (κ2) is 19.1. The molecule has 6 rings (SSSR count). The Labute approximate surface area is 291 Å². The number of nitrogens with one attached hydrogen (secondary N) is 1. The van der Waals surface area contributed by atoms with E-state index >= 15 is 0 Å². The smallest absolute Gasteiger partial charge is 0.386 e. The van der Waals surface area contributed by atoms with Gasteiger partial charge in [0.25, 0.3) is 0 Å². The minimum absolute atomic E-state index is 0.405. The first-order valence-electron chi connectivity index (χ1n) is 17.3. The minimum atomic E-state index is -3.89. The van der Waals surface area contributed by atoms with Gasteiger partial charge in [-0.05, 0) is 78.4 Å². The monoisotopic (exact) mass is 671 g/mol. The first-order chi connectivity index (χ1) is 24.1. The Morgan fingerprint density at radius 3 is 1.51 bits per heavy atom. The standard InChI is InChI=1S/C25H31N.C18H15O4P/c1-2-3-4-5-6-7-8-12-21-17-19-23(20-18-21)26-25-16-11-14-22-13-9-10-15-24(22)25;19-23(20-16-10-4-1-5-11-16,21-17-12-6-2-7-13-17)22-18-14-8-3-9-15-18/h9-11,13-20,26H,2-8,12H2,1H3;1-15H. The highest BCUT2D eigenvalue weighted by molar-refractivity contribution is 7.49. The molecule has 0 radical (unpaired) electrons. The molecule has 0 amide bonds. The summed E-state index contributed by atoms with van der Waals surface area (Å²) in [6.07, 6.45) is 10.8. The molecule has 0 unspecified atom stereocenters. The van der Waals surface area contributed by atoms with Crippen LogP contribution >= 0.6 is 7.82 Å². The Morgan fingerprint density at radius 1 is 0.490 bits per heavy atom. The summed E-state index contributed by atoms with van der Waals surface area (Å²) >= 11 is 0. The third-order valence-corrected chi connectivity index (χ3v) is 9.28. The maximum Gasteiger partial charge on any atom is 0.647 e. The van der Waals surface area contributed by atoms with E-state index in [1.807, 2.05) is 18.2 Å². The zero-order valence-corrected chi connectivity index (χ0v) is 29.1. The van der Waals surface area contributed by atoms with Crippen molar-refractivity contribution in [1.29, 1.82) is 0 Å². The third kappa shape index (κ3) is 11.9. The summed E-state index contributed by atoms with van der Waals surface area (Å²) in [4.78, 5) is 0. The van der Waals surface area contributed by atoms with Crippen molar-refractivity contribution in [3.05, 3.63) is 163 Å². The van der Waals surface area contributed by atoms with Crippen molar-refractivity contribution in [2.24, 2.45) is 0 Å². The number of phosphoric acid groups is 1. The molecule has 0 fully saturated rings. The molecule has 0 bridgehead atoms. The van der Waals surface area contributed by atoms with Crippen LogP contribution in [0.15, 0.2) is 158 Å². The Hall–Kier alpha value is -4.99. The maximum atomic E-state index is 13.1. The highest BCUT2D eigenvalue weighted by atomic mass is 31.2. The summed E-state index contributed by atoms with van der Waals surface area (Å²) in [6, 6.07) is 50.2. The number of unbranched alkanes of at least 4 members (excludes halogenated alkanes) is 6. The number of fused-ring (bicyclic) bond motifs is 1. The molecule has 0 aliphatic heterocycles. The van der Waals surface area contributed by atoms with E-state index in [9.17, 15) is 4.57 Å². The van der Waals surface area contributed by atoms with Gasteiger partial charge in [-0.2, -0.15) is 4.57 Å². The summed E-state index contributed by atoms with van der Waals surface area (Å²) < 4.78 is 29.6. The first-order valence-corrected chi connectivity index (χ1v) is 18.7. The molecule has 6 aromatic rings. The maximum absolute atomic E-state index is 13.1. The number of rotatable bonds is 16. The van der Waals surface area contributed by atoms with Crippen molar-refractivity contribution in [2.45, 2.75) is 58.3 Å². The number of benzene rings is 6. The van der Waals surface area contributed by atoms with Crippen LogP contribution in [0.4, 0.5) is 11.4 Å². The zero-order valence-electron chi connectivity index (χ0n) is 28.2. The first kappa shape index (κ1) is 35.3. The van der Waals surface area contributed by atoms with E-state index in [1.54, 1.807) is 72.8 Å².